The van der Waals surface area contributed by atoms with E-state index in [0.29, 0.717) is 5.82 Å². The summed E-state index contributed by atoms with van der Waals surface area (Å²) in [6, 6.07) is 0. The zero-order valence-corrected chi connectivity index (χ0v) is 12.8. The Morgan fingerprint density at radius 3 is 2.23 bits per heavy atom. The number of nitrogens with one attached hydrogen (secondary N) is 1. The summed E-state index contributed by atoms with van der Waals surface area (Å²) >= 11 is 27.2. The van der Waals surface area contributed by atoms with E-state index in [0.717, 1.165) is 0 Å². The van der Waals surface area contributed by atoms with Gasteiger partial charge in [-0.25, -0.2) is 4.98 Å². The van der Waals surface area contributed by atoms with Gasteiger partial charge in [-0.1, -0.05) is 82.6 Å². The van der Waals surface area contributed by atoms with Crippen molar-refractivity contribution >= 4 is 82.6 Å². The molecule has 0 aliphatic heterocycles. The van der Waals surface area contributed by atoms with Gasteiger partial charge in [-0.3, -0.25) is 0 Å². The molecule has 8 heteroatoms. The minimum Gasteiger partial charge on any atom is -0.329 e. The van der Waals surface area contributed by atoms with Crippen LogP contribution in [-0.2, 0) is 3.78 Å². The maximum Gasteiger partial charge on any atom is 0.178 e. The van der Waals surface area contributed by atoms with E-state index in [9.17, 15) is 0 Å². The fourth-order valence-corrected chi connectivity index (χ4v) is 1.57. The molecule has 0 saturated heterocycles. The number of H-pyrrole nitrogens is 1. The zero-order chi connectivity index (χ0) is 10.2. The Bertz CT molecular complexity index is 292. The van der Waals surface area contributed by atoms with Crippen LogP contribution in [0, 0.1) is 0 Å². The molecule has 2 nitrogen and oxygen atoms in total. The van der Waals surface area contributed by atoms with Crippen LogP contribution in [0.2, 0.25) is 10.3 Å². The average Bonchev–Trinajstić information content (AvgIpc) is 2.32. The highest BCUT2D eigenvalue weighted by atomic mass is 79.9. The highest BCUT2D eigenvalue weighted by Gasteiger charge is 2.36. The van der Waals surface area contributed by atoms with Gasteiger partial charge in [-0.15, -0.1) is 0 Å². The summed E-state index contributed by atoms with van der Waals surface area (Å²) in [6.07, 6.45) is 0. The van der Waals surface area contributed by atoms with Crippen molar-refractivity contribution in [3.05, 3.63) is 16.1 Å². The summed E-state index contributed by atoms with van der Waals surface area (Å²) in [5.41, 5.74) is 0. The number of rotatable bonds is 2. The van der Waals surface area contributed by atoms with Gasteiger partial charge in [0.05, 0.1) is 0 Å². The fraction of sp³-hybridized carbons (Fsp3) is 0.400. The third-order valence-electron chi connectivity index (χ3n) is 1.21. The van der Waals surface area contributed by atoms with Gasteiger partial charge in [0.25, 0.3) is 0 Å². The van der Waals surface area contributed by atoms with E-state index in [1.54, 1.807) is 0 Å². The molecular formula is C5H2Br3Cl3N2. The van der Waals surface area contributed by atoms with Crippen LogP contribution in [0.4, 0.5) is 0 Å². The van der Waals surface area contributed by atoms with Gasteiger partial charge >= 0.3 is 0 Å². The fourth-order valence-electron chi connectivity index (χ4n) is 0.592. The molecule has 0 aromatic carbocycles. The first-order valence-corrected chi connectivity index (χ1v) is 6.69. The molecule has 74 valence electrons. The lowest BCUT2D eigenvalue weighted by Crippen LogP contribution is -2.19. The van der Waals surface area contributed by atoms with Crippen molar-refractivity contribution in [2.24, 2.45) is 0 Å². The lowest BCUT2D eigenvalue weighted by atomic mass is 10.4. The Hall–Kier alpha value is 1.52. The first-order valence-electron chi connectivity index (χ1n) is 2.93. The lowest BCUT2D eigenvalue weighted by Gasteiger charge is -2.18. The third kappa shape index (κ3) is 2.75. The van der Waals surface area contributed by atoms with E-state index < -0.39 is 3.78 Å². The van der Waals surface area contributed by atoms with E-state index in [1.165, 1.54) is 0 Å². The Kier molecular flexibility index (Phi) is 4.43. The number of aromatic amines is 1. The number of imidazole rings is 1. The molecule has 13 heavy (non-hydrogen) atoms. The number of nitrogens with zero attached hydrogens (tertiary/aromatic N) is 1. The van der Waals surface area contributed by atoms with E-state index in [-0.39, 0.29) is 14.0 Å². The van der Waals surface area contributed by atoms with Crippen LogP contribution in [0.5, 0.6) is 0 Å². The molecule has 0 bridgehead atoms. The molecule has 1 heterocycles. The SMILES string of the molecule is Clc1nc(C(Cl)(Br)C(Br)Br)[nH]c1Cl. The molecule has 0 fully saturated rings. The second-order valence-corrected chi connectivity index (χ2v) is 8.21. The number of aromatic nitrogens is 2. The van der Waals surface area contributed by atoms with Crippen molar-refractivity contribution in [3.8, 4) is 0 Å². The van der Waals surface area contributed by atoms with Gasteiger partial charge in [0, 0.05) is 0 Å². The molecule has 0 amide bonds. The predicted octanol–water partition coefficient (Wildman–Crippen LogP) is 4.62. The average molecular weight is 436 g/mol. The molecule has 0 aliphatic rings. The Morgan fingerprint density at radius 2 is 1.92 bits per heavy atom. The number of hydrogen-bond acceptors (Lipinski definition) is 1. The van der Waals surface area contributed by atoms with Crippen LogP contribution in [0.25, 0.3) is 0 Å². The van der Waals surface area contributed by atoms with Crippen molar-refractivity contribution in [1.82, 2.24) is 9.97 Å². The van der Waals surface area contributed by atoms with Crippen LogP contribution in [0.15, 0.2) is 0 Å². The molecule has 0 spiro atoms. The lowest BCUT2D eigenvalue weighted by molar-refractivity contribution is 0.901. The number of alkyl halides is 4. The molecule has 1 rings (SSSR count). The summed E-state index contributed by atoms with van der Waals surface area (Å²) in [7, 11) is 0. The molecule has 1 N–H and O–H groups in total. The van der Waals surface area contributed by atoms with E-state index >= 15 is 0 Å². The van der Waals surface area contributed by atoms with Gasteiger partial charge in [-0.05, 0) is 0 Å². The minimum atomic E-state index is -0.913. The van der Waals surface area contributed by atoms with Crippen LogP contribution >= 0.6 is 82.6 Å². The van der Waals surface area contributed by atoms with Crippen LogP contribution < -0.4 is 0 Å². The summed E-state index contributed by atoms with van der Waals surface area (Å²) in [5.74, 6) is 0.433. The molecule has 1 unspecified atom stereocenters. The molecule has 0 saturated carbocycles. The molecule has 1 atom stereocenters. The van der Waals surface area contributed by atoms with Gasteiger partial charge in [-0.2, -0.15) is 0 Å². The normalized spacial score (nSPS) is 16.2. The first-order chi connectivity index (χ1) is 5.85. The Labute approximate surface area is 115 Å². The summed E-state index contributed by atoms with van der Waals surface area (Å²) < 4.78 is -1.13. The van der Waals surface area contributed by atoms with Crippen molar-refractivity contribution < 1.29 is 0 Å². The van der Waals surface area contributed by atoms with Crippen molar-refractivity contribution in [2.75, 3.05) is 0 Å². The zero-order valence-electron chi connectivity index (χ0n) is 5.79. The standard InChI is InChI=1S/C5H2Br3Cl3N2/c6-3(7)5(8,11)4-12-1(9)2(10)13-4/h3H,(H,12,13). The largest absolute Gasteiger partial charge is 0.329 e. The first kappa shape index (κ1) is 12.6. The maximum absolute atomic E-state index is 6.09. The smallest absolute Gasteiger partial charge is 0.178 e. The number of halogens is 6. The highest BCUT2D eigenvalue weighted by Crippen LogP contribution is 2.45. The molecule has 1 aromatic heterocycles. The number of hydrogen-bond donors (Lipinski definition) is 1. The van der Waals surface area contributed by atoms with E-state index in [2.05, 4.69) is 57.8 Å². The van der Waals surface area contributed by atoms with Gasteiger partial charge in [0.15, 0.2) is 8.94 Å². The maximum atomic E-state index is 6.09. The van der Waals surface area contributed by atoms with Crippen molar-refractivity contribution in [2.45, 2.75) is 7.52 Å². The third-order valence-corrected chi connectivity index (χ3v) is 6.21. The van der Waals surface area contributed by atoms with Crippen LogP contribution in [0.3, 0.4) is 0 Å². The van der Waals surface area contributed by atoms with Gasteiger partial charge in [0.2, 0.25) is 0 Å². The summed E-state index contributed by atoms with van der Waals surface area (Å²) in [5, 5.41) is 0.462. The Morgan fingerprint density at radius 1 is 1.38 bits per heavy atom. The van der Waals surface area contributed by atoms with Crippen molar-refractivity contribution in [3.63, 3.8) is 0 Å². The van der Waals surface area contributed by atoms with Crippen LogP contribution in [-0.4, -0.2) is 13.7 Å². The molecular weight excluding hydrogens is 434 g/mol. The van der Waals surface area contributed by atoms with Crippen LogP contribution in [0.1, 0.15) is 5.82 Å². The molecule has 0 radical (unpaired) electrons. The topological polar surface area (TPSA) is 28.7 Å². The van der Waals surface area contributed by atoms with E-state index in [1.807, 2.05) is 0 Å². The Balaban J connectivity index is 3.07. The highest BCUT2D eigenvalue weighted by molar-refractivity contribution is 9.25. The summed E-state index contributed by atoms with van der Waals surface area (Å²) in [6.45, 7) is 0. The van der Waals surface area contributed by atoms with E-state index in [4.69, 9.17) is 34.8 Å². The van der Waals surface area contributed by atoms with Crippen molar-refractivity contribution in [1.29, 1.82) is 0 Å². The minimum absolute atomic E-state index is 0.196. The summed E-state index contributed by atoms with van der Waals surface area (Å²) in [4.78, 5) is 6.69. The quantitative estimate of drug-likeness (QED) is 0.674. The monoisotopic (exact) mass is 432 g/mol. The molecule has 0 aliphatic carbocycles. The molecule has 1 aromatic rings. The predicted molar refractivity (Wildman–Crippen MR) is 66.7 cm³/mol. The van der Waals surface area contributed by atoms with Gasteiger partial charge < -0.3 is 4.98 Å². The van der Waals surface area contributed by atoms with Gasteiger partial charge in [0.1, 0.15) is 14.7 Å². The second-order valence-electron chi connectivity index (χ2n) is 2.11. The second kappa shape index (κ2) is 4.58.